The van der Waals surface area contributed by atoms with Gasteiger partial charge in [-0.2, -0.15) is 0 Å². The van der Waals surface area contributed by atoms with Crippen LogP contribution in [0, 0.1) is 5.41 Å². The Morgan fingerprint density at radius 1 is 1.33 bits per heavy atom. The van der Waals surface area contributed by atoms with Crippen molar-refractivity contribution in [2.75, 3.05) is 13.7 Å². The first kappa shape index (κ1) is 18.1. The Morgan fingerprint density at radius 3 is 2.57 bits per heavy atom. The Labute approximate surface area is 132 Å². The number of hydrogen-bond donors (Lipinski definition) is 1. The van der Waals surface area contributed by atoms with E-state index in [-0.39, 0.29) is 17.9 Å². The minimum absolute atomic E-state index is 0.115. The molecule has 1 rings (SSSR count). The van der Waals surface area contributed by atoms with Crippen molar-refractivity contribution in [2.24, 2.45) is 5.41 Å². The highest BCUT2D eigenvalue weighted by Crippen LogP contribution is 2.26. The second-order valence-electron chi connectivity index (χ2n) is 7.28. The molecule has 4 nitrogen and oxygen atoms in total. The van der Waals surface area contributed by atoms with Gasteiger partial charge in [0.2, 0.25) is 0 Å². The molecular formula is C16H28N2O2S. The fourth-order valence-corrected chi connectivity index (χ4v) is 3.46. The fourth-order valence-electron chi connectivity index (χ4n) is 2.66. The predicted molar refractivity (Wildman–Crippen MR) is 87.7 cm³/mol. The SMILES string of the molecule is COC(=O)Cc1csc(CCNC(C)(C)CC(C)(C)C)n1. The maximum atomic E-state index is 11.2. The molecule has 1 heterocycles. The molecule has 0 atom stereocenters. The molecule has 0 aliphatic heterocycles. The quantitative estimate of drug-likeness (QED) is 0.786. The van der Waals surface area contributed by atoms with Crippen molar-refractivity contribution < 1.29 is 9.53 Å². The number of aromatic nitrogens is 1. The van der Waals surface area contributed by atoms with Gasteiger partial charge in [-0.25, -0.2) is 4.98 Å². The van der Waals surface area contributed by atoms with Crippen LogP contribution in [-0.4, -0.2) is 30.1 Å². The number of nitrogens with zero attached hydrogens (tertiary/aromatic N) is 1. The van der Waals surface area contributed by atoms with Crippen LogP contribution in [0.3, 0.4) is 0 Å². The van der Waals surface area contributed by atoms with E-state index >= 15 is 0 Å². The summed E-state index contributed by atoms with van der Waals surface area (Å²) >= 11 is 1.61. The smallest absolute Gasteiger partial charge is 0.311 e. The zero-order valence-corrected chi connectivity index (χ0v) is 14.9. The molecule has 0 aliphatic carbocycles. The fraction of sp³-hybridized carbons (Fsp3) is 0.750. The third-order valence-electron chi connectivity index (χ3n) is 3.07. The Hall–Kier alpha value is -0.940. The number of carbonyl (C=O) groups excluding carboxylic acids is 1. The molecule has 0 fully saturated rings. The van der Waals surface area contributed by atoms with Crippen LogP contribution in [-0.2, 0) is 22.4 Å². The number of esters is 1. The maximum absolute atomic E-state index is 11.2. The van der Waals surface area contributed by atoms with Crippen LogP contribution in [0.1, 0.15) is 51.7 Å². The number of thiazole rings is 1. The number of hydrogen-bond acceptors (Lipinski definition) is 5. The van der Waals surface area contributed by atoms with E-state index in [0.717, 1.165) is 30.1 Å². The third kappa shape index (κ3) is 7.58. The standard InChI is InChI=1S/C16H28N2O2S/c1-15(2,3)11-16(4,5)17-8-7-13-18-12(10-21-13)9-14(19)20-6/h10,17H,7-9,11H2,1-6H3. The second kappa shape index (κ2) is 7.36. The van der Waals surface area contributed by atoms with E-state index in [1.54, 1.807) is 11.3 Å². The second-order valence-corrected chi connectivity index (χ2v) is 8.23. The molecule has 0 aliphatic rings. The summed E-state index contributed by atoms with van der Waals surface area (Å²) in [6.07, 6.45) is 2.26. The summed E-state index contributed by atoms with van der Waals surface area (Å²) in [5.41, 5.74) is 1.23. The molecule has 0 saturated heterocycles. The van der Waals surface area contributed by atoms with Crippen molar-refractivity contribution in [3.05, 3.63) is 16.1 Å². The number of nitrogens with one attached hydrogen (secondary N) is 1. The van der Waals surface area contributed by atoms with E-state index in [4.69, 9.17) is 0 Å². The Morgan fingerprint density at radius 2 is 2.00 bits per heavy atom. The summed E-state index contributed by atoms with van der Waals surface area (Å²) < 4.78 is 4.65. The maximum Gasteiger partial charge on any atom is 0.311 e. The zero-order valence-electron chi connectivity index (χ0n) is 14.1. The van der Waals surface area contributed by atoms with E-state index in [1.807, 2.05) is 5.38 Å². The molecular weight excluding hydrogens is 284 g/mol. The summed E-state index contributed by atoms with van der Waals surface area (Å²) in [4.78, 5) is 15.7. The van der Waals surface area contributed by atoms with Gasteiger partial charge >= 0.3 is 5.97 Å². The molecule has 5 heteroatoms. The van der Waals surface area contributed by atoms with Gasteiger partial charge in [0.05, 0.1) is 24.2 Å². The van der Waals surface area contributed by atoms with E-state index in [2.05, 4.69) is 49.7 Å². The number of methoxy groups -OCH3 is 1. The first-order valence-corrected chi connectivity index (χ1v) is 8.24. The van der Waals surface area contributed by atoms with E-state index in [1.165, 1.54) is 7.11 Å². The van der Waals surface area contributed by atoms with Crippen molar-refractivity contribution in [1.82, 2.24) is 10.3 Å². The number of rotatable bonds is 7. The Kier molecular flexibility index (Phi) is 6.35. The van der Waals surface area contributed by atoms with E-state index in [0.29, 0.717) is 5.41 Å². The van der Waals surface area contributed by atoms with Crippen LogP contribution >= 0.6 is 11.3 Å². The first-order chi connectivity index (χ1) is 9.61. The van der Waals surface area contributed by atoms with Gasteiger partial charge in [0.15, 0.2) is 0 Å². The zero-order chi connectivity index (χ0) is 16.1. The average molecular weight is 312 g/mol. The number of carbonyl (C=O) groups is 1. The molecule has 0 radical (unpaired) electrons. The monoisotopic (exact) mass is 312 g/mol. The highest BCUT2D eigenvalue weighted by Gasteiger charge is 2.24. The molecule has 0 aromatic carbocycles. The van der Waals surface area contributed by atoms with Crippen molar-refractivity contribution >= 4 is 17.3 Å². The summed E-state index contributed by atoms with van der Waals surface area (Å²) in [5.74, 6) is -0.240. The van der Waals surface area contributed by atoms with Gasteiger partial charge < -0.3 is 10.1 Å². The molecule has 1 aromatic heterocycles. The largest absolute Gasteiger partial charge is 0.469 e. The van der Waals surface area contributed by atoms with Crippen LogP contribution in [0.2, 0.25) is 0 Å². The van der Waals surface area contributed by atoms with Crippen molar-refractivity contribution in [2.45, 2.75) is 59.4 Å². The average Bonchev–Trinajstić information content (AvgIpc) is 2.73. The minimum atomic E-state index is -0.240. The van der Waals surface area contributed by atoms with Crippen LogP contribution in [0.4, 0.5) is 0 Å². The molecule has 0 amide bonds. The van der Waals surface area contributed by atoms with Gasteiger partial charge in [-0.05, 0) is 25.7 Å². The van der Waals surface area contributed by atoms with Crippen LogP contribution in [0.15, 0.2) is 5.38 Å². The van der Waals surface area contributed by atoms with E-state index in [9.17, 15) is 4.79 Å². The molecule has 0 unspecified atom stereocenters. The summed E-state index contributed by atoms with van der Waals surface area (Å²) in [6, 6.07) is 0. The van der Waals surface area contributed by atoms with Crippen LogP contribution < -0.4 is 5.32 Å². The van der Waals surface area contributed by atoms with Gasteiger partial charge in [0.25, 0.3) is 0 Å². The highest BCUT2D eigenvalue weighted by molar-refractivity contribution is 7.09. The normalized spacial score (nSPS) is 12.5. The lowest BCUT2D eigenvalue weighted by Crippen LogP contribution is -2.43. The van der Waals surface area contributed by atoms with Gasteiger partial charge in [0.1, 0.15) is 0 Å². The highest BCUT2D eigenvalue weighted by atomic mass is 32.1. The van der Waals surface area contributed by atoms with Crippen LogP contribution in [0.25, 0.3) is 0 Å². The van der Waals surface area contributed by atoms with Crippen molar-refractivity contribution in [1.29, 1.82) is 0 Å². The first-order valence-electron chi connectivity index (χ1n) is 7.36. The van der Waals surface area contributed by atoms with Gasteiger partial charge in [0, 0.05) is 23.9 Å². The van der Waals surface area contributed by atoms with Gasteiger partial charge in [-0.3, -0.25) is 4.79 Å². The number of ether oxygens (including phenoxy) is 1. The van der Waals surface area contributed by atoms with Gasteiger partial charge in [-0.15, -0.1) is 11.3 Å². The summed E-state index contributed by atoms with van der Waals surface area (Å²) in [6.45, 7) is 12.2. The third-order valence-corrected chi connectivity index (χ3v) is 4.02. The van der Waals surface area contributed by atoms with Gasteiger partial charge in [-0.1, -0.05) is 20.8 Å². The Balaban J connectivity index is 2.40. The van der Waals surface area contributed by atoms with Crippen molar-refractivity contribution in [3.63, 3.8) is 0 Å². The molecule has 1 aromatic rings. The van der Waals surface area contributed by atoms with Crippen molar-refractivity contribution in [3.8, 4) is 0 Å². The molecule has 0 bridgehead atoms. The lowest BCUT2D eigenvalue weighted by atomic mass is 9.82. The molecule has 120 valence electrons. The Bertz CT molecular complexity index is 461. The molecule has 0 spiro atoms. The topological polar surface area (TPSA) is 51.2 Å². The molecule has 1 N–H and O–H groups in total. The molecule has 21 heavy (non-hydrogen) atoms. The lowest BCUT2D eigenvalue weighted by molar-refractivity contribution is -0.139. The van der Waals surface area contributed by atoms with Crippen LogP contribution in [0.5, 0.6) is 0 Å². The molecule has 0 saturated carbocycles. The minimum Gasteiger partial charge on any atom is -0.469 e. The summed E-state index contributed by atoms with van der Waals surface area (Å²) in [5, 5.41) is 6.60. The van der Waals surface area contributed by atoms with E-state index < -0.39 is 0 Å². The predicted octanol–water partition coefficient (Wildman–Crippen LogP) is 3.21. The lowest BCUT2D eigenvalue weighted by Gasteiger charge is -2.33. The summed E-state index contributed by atoms with van der Waals surface area (Å²) in [7, 11) is 1.40.